The van der Waals surface area contributed by atoms with Gasteiger partial charge in [0.15, 0.2) is 0 Å². The van der Waals surface area contributed by atoms with Crippen LogP contribution in [0.15, 0.2) is 18.5 Å². The van der Waals surface area contributed by atoms with E-state index in [2.05, 4.69) is 25.3 Å². The molecule has 3 N–H and O–H groups in total. The highest BCUT2D eigenvalue weighted by Gasteiger charge is 2.09. The zero-order valence-electron chi connectivity index (χ0n) is 9.25. The third kappa shape index (κ3) is 1.61. The number of H-pyrrole nitrogens is 1. The minimum Gasteiger partial charge on any atom is -0.366 e. The highest BCUT2D eigenvalue weighted by Crippen LogP contribution is 2.16. The average Bonchev–Trinajstić information content (AvgIpc) is 2.87. The van der Waals surface area contributed by atoms with Crippen LogP contribution in [0.25, 0.3) is 11.0 Å². The second-order valence-corrected chi connectivity index (χ2v) is 3.79. The van der Waals surface area contributed by atoms with E-state index >= 15 is 0 Å². The summed E-state index contributed by atoms with van der Waals surface area (Å²) in [4.78, 5) is 8.38. The number of fused-ring (bicyclic) bond motifs is 1. The van der Waals surface area contributed by atoms with Crippen molar-refractivity contribution < 1.29 is 0 Å². The van der Waals surface area contributed by atoms with Crippen molar-refractivity contribution in [2.24, 2.45) is 7.05 Å². The van der Waals surface area contributed by atoms with E-state index in [1.54, 1.807) is 17.1 Å². The lowest BCUT2D eigenvalue weighted by molar-refractivity contribution is 0.718. The molecule has 0 saturated heterocycles. The molecule has 0 aromatic carbocycles. The van der Waals surface area contributed by atoms with Crippen molar-refractivity contribution >= 4 is 17.0 Å². The van der Waals surface area contributed by atoms with Crippen molar-refractivity contribution in [3.63, 3.8) is 0 Å². The van der Waals surface area contributed by atoms with Gasteiger partial charge in [-0.2, -0.15) is 10.1 Å². The number of rotatable bonds is 2. The first-order valence-electron chi connectivity index (χ1n) is 5.16. The molecular formula is C10H11N7. The number of aryl methyl sites for hydroxylation is 1. The Labute approximate surface area is 96.7 Å². The maximum absolute atomic E-state index is 5.55. The maximum atomic E-state index is 5.55. The van der Waals surface area contributed by atoms with Gasteiger partial charge in [0.25, 0.3) is 0 Å². The number of nitrogen functional groups attached to an aromatic ring is 1. The smallest absolute Gasteiger partial charge is 0.239 e. The molecule has 86 valence electrons. The van der Waals surface area contributed by atoms with E-state index in [1.807, 2.05) is 13.1 Å². The van der Waals surface area contributed by atoms with Gasteiger partial charge < -0.3 is 5.73 Å². The number of pyridine rings is 1. The fourth-order valence-electron chi connectivity index (χ4n) is 1.81. The van der Waals surface area contributed by atoms with E-state index in [0.29, 0.717) is 6.42 Å². The van der Waals surface area contributed by atoms with Crippen molar-refractivity contribution in [2.75, 3.05) is 5.73 Å². The number of nitrogens with zero attached hydrogens (tertiary/aromatic N) is 5. The summed E-state index contributed by atoms with van der Waals surface area (Å²) in [6.07, 6.45) is 4.10. The van der Waals surface area contributed by atoms with Crippen LogP contribution in [0.1, 0.15) is 11.4 Å². The Morgan fingerprint density at radius 1 is 1.47 bits per heavy atom. The number of aromatic amines is 1. The minimum atomic E-state index is 0.289. The van der Waals surface area contributed by atoms with Crippen LogP contribution in [0.4, 0.5) is 5.95 Å². The van der Waals surface area contributed by atoms with Gasteiger partial charge in [0, 0.05) is 19.7 Å². The topological polar surface area (TPSA) is 98.3 Å². The Kier molecular flexibility index (Phi) is 2.04. The molecule has 17 heavy (non-hydrogen) atoms. The summed E-state index contributed by atoms with van der Waals surface area (Å²) in [6, 6.07) is 1.94. The lowest BCUT2D eigenvalue weighted by atomic mass is 10.1. The van der Waals surface area contributed by atoms with E-state index in [1.165, 1.54) is 0 Å². The molecule has 0 unspecified atom stereocenters. The van der Waals surface area contributed by atoms with Gasteiger partial charge in [-0.15, -0.1) is 5.10 Å². The summed E-state index contributed by atoms with van der Waals surface area (Å²) < 4.78 is 1.68. The van der Waals surface area contributed by atoms with Crippen LogP contribution in [0.5, 0.6) is 0 Å². The van der Waals surface area contributed by atoms with Crippen molar-refractivity contribution in [2.45, 2.75) is 6.42 Å². The molecule has 7 heteroatoms. The van der Waals surface area contributed by atoms with Crippen LogP contribution in [0, 0.1) is 0 Å². The Morgan fingerprint density at radius 3 is 3.12 bits per heavy atom. The zero-order valence-corrected chi connectivity index (χ0v) is 9.25. The van der Waals surface area contributed by atoms with Gasteiger partial charge >= 0.3 is 0 Å². The lowest BCUT2D eigenvalue weighted by Gasteiger charge is -2.01. The van der Waals surface area contributed by atoms with Crippen molar-refractivity contribution in [3.8, 4) is 0 Å². The summed E-state index contributed by atoms with van der Waals surface area (Å²) in [6.45, 7) is 0. The summed E-state index contributed by atoms with van der Waals surface area (Å²) in [5.41, 5.74) is 8.39. The summed E-state index contributed by atoms with van der Waals surface area (Å²) in [5.74, 6) is 1.10. The molecule has 0 atom stereocenters. The Hall–Kier alpha value is -2.44. The lowest BCUT2D eigenvalue weighted by Crippen LogP contribution is -2.01. The van der Waals surface area contributed by atoms with Crippen LogP contribution in [-0.2, 0) is 13.5 Å². The SMILES string of the molecule is Cn1nc(N)nc1Cc1ccnc2cn[nH]c12. The number of hydrogen-bond donors (Lipinski definition) is 2. The number of nitrogens with two attached hydrogens (primary N) is 1. The quantitative estimate of drug-likeness (QED) is 0.656. The van der Waals surface area contributed by atoms with Crippen LogP contribution in [0.3, 0.4) is 0 Å². The van der Waals surface area contributed by atoms with Crippen molar-refractivity contribution in [1.82, 2.24) is 29.9 Å². The molecule has 3 aromatic heterocycles. The zero-order chi connectivity index (χ0) is 11.8. The van der Waals surface area contributed by atoms with Gasteiger partial charge in [0.1, 0.15) is 11.3 Å². The summed E-state index contributed by atoms with van der Waals surface area (Å²) in [5, 5.41) is 10.9. The van der Waals surface area contributed by atoms with Gasteiger partial charge in [-0.1, -0.05) is 0 Å². The van der Waals surface area contributed by atoms with Gasteiger partial charge in [-0.25, -0.2) is 0 Å². The van der Waals surface area contributed by atoms with E-state index in [0.717, 1.165) is 22.4 Å². The van der Waals surface area contributed by atoms with Crippen LogP contribution >= 0.6 is 0 Å². The number of anilines is 1. The standard InChI is InChI=1S/C10H11N7/c1-17-8(14-10(11)16-17)4-6-2-3-12-7-5-13-15-9(6)7/h2-3,5H,4H2,1H3,(H2,11,16)(H,13,15). The molecule has 0 radical (unpaired) electrons. The highest BCUT2D eigenvalue weighted by molar-refractivity contribution is 5.76. The van der Waals surface area contributed by atoms with Crippen LogP contribution in [0.2, 0.25) is 0 Å². The normalized spacial score (nSPS) is 11.1. The largest absolute Gasteiger partial charge is 0.366 e. The molecule has 0 spiro atoms. The van der Waals surface area contributed by atoms with Crippen molar-refractivity contribution in [1.29, 1.82) is 0 Å². The molecule has 0 aliphatic heterocycles. The number of hydrogen-bond acceptors (Lipinski definition) is 5. The highest BCUT2D eigenvalue weighted by atomic mass is 15.4. The first-order chi connectivity index (χ1) is 8.24. The summed E-state index contributed by atoms with van der Waals surface area (Å²) in [7, 11) is 1.82. The predicted molar refractivity (Wildman–Crippen MR) is 62.1 cm³/mol. The summed E-state index contributed by atoms with van der Waals surface area (Å²) >= 11 is 0. The van der Waals surface area contributed by atoms with Crippen LogP contribution < -0.4 is 5.73 Å². The third-order valence-electron chi connectivity index (χ3n) is 2.65. The first kappa shape index (κ1) is 9.76. The van der Waals surface area contributed by atoms with E-state index in [4.69, 9.17) is 5.73 Å². The molecular weight excluding hydrogens is 218 g/mol. The Balaban J connectivity index is 2.05. The van der Waals surface area contributed by atoms with Crippen molar-refractivity contribution in [3.05, 3.63) is 29.8 Å². The molecule has 0 fully saturated rings. The van der Waals surface area contributed by atoms with E-state index < -0.39 is 0 Å². The molecule has 0 aliphatic rings. The van der Waals surface area contributed by atoms with Gasteiger partial charge in [0.05, 0.1) is 11.7 Å². The fraction of sp³-hybridized carbons (Fsp3) is 0.200. The fourth-order valence-corrected chi connectivity index (χ4v) is 1.81. The predicted octanol–water partition coefficient (Wildman–Crippen LogP) is 0.259. The van der Waals surface area contributed by atoms with Crippen LogP contribution in [-0.4, -0.2) is 29.9 Å². The molecule has 0 aliphatic carbocycles. The second-order valence-electron chi connectivity index (χ2n) is 3.79. The number of nitrogens with one attached hydrogen (secondary N) is 1. The molecule has 0 saturated carbocycles. The van der Waals surface area contributed by atoms with E-state index in [9.17, 15) is 0 Å². The maximum Gasteiger partial charge on any atom is 0.239 e. The minimum absolute atomic E-state index is 0.289. The monoisotopic (exact) mass is 229 g/mol. The third-order valence-corrected chi connectivity index (χ3v) is 2.65. The second kappa shape index (κ2) is 3.55. The van der Waals surface area contributed by atoms with Gasteiger partial charge in [-0.3, -0.25) is 14.8 Å². The molecule has 7 nitrogen and oxygen atoms in total. The Morgan fingerprint density at radius 2 is 2.35 bits per heavy atom. The molecule has 3 rings (SSSR count). The molecule has 0 bridgehead atoms. The van der Waals surface area contributed by atoms with E-state index in [-0.39, 0.29) is 5.95 Å². The molecule has 0 amide bonds. The molecule has 3 heterocycles. The van der Waals surface area contributed by atoms with Gasteiger partial charge in [0.2, 0.25) is 5.95 Å². The molecule has 3 aromatic rings. The number of aromatic nitrogens is 6. The van der Waals surface area contributed by atoms with Gasteiger partial charge in [-0.05, 0) is 11.6 Å². The Bertz CT molecular complexity index is 666. The average molecular weight is 229 g/mol. The first-order valence-corrected chi connectivity index (χ1v) is 5.16.